The number of rotatable bonds is 4. The smallest absolute Gasteiger partial charge is 0.208 e. The zero-order valence-electron chi connectivity index (χ0n) is 15.6. The van der Waals surface area contributed by atoms with Gasteiger partial charge in [0, 0.05) is 29.1 Å². The summed E-state index contributed by atoms with van der Waals surface area (Å²) in [6.07, 6.45) is 0. The van der Waals surface area contributed by atoms with E-state index in [2.05, 4.69) is 45.6 Å². The standard InChI is InChI=1S/C22H21ClN2OS/c1-15-20(22(26)21(23)16(2)24-15)19-8-6-17(7-9-19)5-4-11-25(3)13-18-10-12-27-14-18/h6-10,12,14H,11,13H2,1-3H3,(H,24,26). The molecule has 2 heterocycles. The number of nitrogens with zero attached hydrogens (tertiary/aromatic N) is 1. The van der Waals surface area contributed by atoms with Crippen LogP contribution in [0.2, 0.25) is 5.02 Å². The van der Waals surface area contributed by atoms with Crippen molar-refractivity contribution in [3.05, 3.63) is 78.9 Å². The molecule has 0 fully saturated rings. The van der Waals surface area contributed by atoms with E-state index in [0.29, 0.717) is 17.8 Å². The van der Waals surface area contributed by atoms with Crippen molar-refractivity contribution in [3.63, 3.8) is 0 Å². The van der Waals surface area contributed by atoms with Crippen molar-refractivity contribution in [1.29, 1.82) is 0 Å². The van der Waals surface area contributed by atoms with Crippen LogP contribution in [0.5, 0.6) is 0 Å². The molecular weight excluding hydrogens is 376 g/mol. The fourth-order valence-corrected chi connectivity index (χ4v) is 3.75. The van der Waals surface area contributed by atoms with E-state index in [-0.39, 0.29) is 10.5 Å². The average molecular weight is 397 g/mol. The van der Waals surface area contributed by atoms with E-state index >= 15 is 0 Å². The molecule has 27 heavy (non-hydrogen) atoms. The highest BCUT2D eigenvalue weighted by atomic mass is 35.5. The van der Waals surface area contributed by atoms with Gasteiger partial charge in [0.15, 0.2) is 0 Å². The zero-order chi connectivity index (χ0) is 19.4. The van der Waals surface area contributed by atoms with Gasteiger partial charge in [0.25, 0.3) is 0 Å². The van der Waals surface area contributed by atoms with Crippen LogP contribution < -0.4 is 5.43 Å². The van der Waals surface area contributed by atoms with Crippen molar-refractivity contribution >= 4 is 22.9 Å². The Morgan fingerprint density at radius 3 is 2.56 bits per heavy atom. The maximum atomic E-state index is 12.5. The number of aromatic amines is 1. The van der Waals surface area contributed by atoms with Crippen LogP contribution in [0.15, 0.2) is 45.9 Å². The Balaban J connectivity index is 1.72. The number of halogens is 1. The summed E-state index contributed by atoms with van der Waals surface area (Å²) in [7, 11) is 2.06. The summed E-state index contributed by atoms with van der Waals surface area (Å²) >= 11 is 7.82. The van der Waals surface area contributed by atoms with E-state index in [1.54, 1.807) is 18.3 Å². The quantitative estimate of drug-likeness (QED) is 0.639. The monoisotopic (exact) mass is 396 g/mol. The van der Waals surface area contributed by atoms with Gasteiger partial charge in [0.1, 0.15) is 5.02 Å². The molecule has 5 heteroatoms. The van der Waals surface area contributed by atoms with Gasteiger partial charge in [-0.15, -0.1) is 0 Å². The van der Waals surface area contributed by atoms with Gasteiger partial charge in [0.05, 0.1) is 6.54 Å². The first-order chi connectivity index (χ1) is 13.0. The molecule has 0 saturated heterocycles. The van der Waals surface area contributed by atoms with Crippen LogP contribution in [-0.2, 0) is 6.54 Å². The number of hydrogen-bond donors (Lipinski definition) is 1. The van der Waals surface area contributed by atoms with Crippen LogP contribution >= 0.6 is 22.9 Å². The highest BCUT2D eigenvalue weighted by Gasteiger charge is 2.12. The summed E-state index contributed by atoms with van der Waals surface area (Å²) in [4.78, 5) is 17.8. The molecule has 0 spiro atoms. The Hall–Kier alpha value is -2.32. The topological polar surface area (TPSA) is 36.1 Å². The number of thiophene rings is 1. The van der Waals surface area contributed by atoms with Crippen molar-refractivity contribution in [2.45, 2.75) is 20.4 Å². The number of benzene rings is 1. The number of H-pyrrole nitrogens is 1. The van der Waals surface area contributed by atoms with Gasteiger partial charge < -0.3 is 4.98 Å². The summed E-state index contributed by atoms with van der Waals surface area (Å²) in [5.74, 6) is 6.39. The lowest BCUT2D eigenvalue weighted by Gasteiger charge is -2.11. The van der Waals surface area contributed by atoms with Crippen molar-refractivity contribution in [2.75, 3.05) is 13.6 Å². The first kappa shape index (κ1) is 19.4. The highest BCUT2D eigenvalue weighted by molar-refractivity contribution is 7.07. The molecule has 3 aromatic rings. The first-order valence-electron chi connectivity index (χ1n) is 8.63. The molecule has 0 aliphatic rings. The Morgan fingerprint density at radius 1 is 1.15 bits per heavy atom. The maximum absolute atomic E-state index is 12.5. The molecule has 0 aliphatic heterocycles. The predicted molar refractivity (Wildman–Crippen MR) is 115 cm³/mol. The van der Waals surface area contributed by atoms with Gasteiger partial charge in [-0.05, 0) is 61.0 Å². The van der Waals surface area contributed by atoms with Crippen molar-refractivity contribution in [2.24, 2.45) is 0 Å². The molecule has 0 unspecified atom stereocenters. The van der Waals surface area contributed by atoms with E-state index in [1.807, 2.05) is 31.2 Å². The minimum atomic E-state index is -0.140. The third-order valence-electron chi connectivity index (χ3n) is 4.29. The third-order valence-corrected chi connectivity index (χ3v) is 5.48. The average Bonchev–Trinajstić information content (AvgIpc) is 3.14. The maximum Gasteiger partial charge on any atom is 0.208 e. The molecule has 0 radical (unpaired) electrons. The van der Waals surface area contributed by atoms with E-state index in [1.165, 1.54) is 5.56 Å². The molecule has 0 aliphatic carbocycles. The molecule has 3 rings (SSSR count). The first-order valence-corrected chi connectivity index (χ1v) is 9.95. The van der Waals surface area contributed by atoms with Gasteiger partial charge in [-0.25, -0.2) is 0 Å². The lowest BCUT2D eigenvalue weighted by molar-refractivity contribution is 0.369. The summed E-state index contributed by atoms with van der Waals surface area (Å²) in [6, 6.07) is 9.85. The minimum Gasteiger partial charge on any atom is -0.361 e. The normalized spacial score (nSPS) is 10.7. The van der Waals surface area contributed by atoms with Crippen LogP contribution in [0, 0.1) is 25.7 Å². The molecule has 3 nitrogen and oxygen atoms in total. The minimum absolute atomic E-state index is 0.140. The zero-order valence-corrected chi connectivity index (χ0v) is 17.2. The number of hydrogen-bond acceptors (Lipinski definition) is 3. The number of aryl methyl sites for hydroxylation is 2. The summed E-state index contributed by atoms with van der Waals surface area (Å²) in [5, 5.41) is 4.49. The SMILES string of the molecule is Cc1[nH]c(C)c(-c2ccc(C#CCN(C)Cc3ccsc3)cc2)c(=O)c1Cl. The second-order valence-electron chi connectivity index (χ2n) is 6.58. The number of aromatic nitrogens is 1. The Labute approximate surface area is 168 Å². The van der Waals surface area contributed by atoms with Crippen LogP contribution in [0.3, 0.4) is 0 Å². The predicted octanol–water partition coefficient (Wildman–Crippen LogP) is 4.86. The Bertz CT molecular complexity index is 1040. The molecule has 138 valence electrons. The fraction of sp³-hybridized carbons (Fsp3) is 0.227. The van der Waals surface area contributed by atoms with E-state index in [9.17, 15) is 4.79 Å². The van der Waals surface area contributed by atoms with Gasteiger partial charge >= 0.3 is 0 Å². The molecule has 1 N–H and O–H groups in total. The third kappa shape index (κ3) is 4.70. The Morgan fingerprint density at radius 2 is 1.89 bits per heavy atom. The van der Waals surface area contributed by atoms with Crippen molar-refractivity contribution in [3.8, 4) is 23.0 Å². The lowest BCUT2D eigenvalue weighted by atomic mass is 10.0. The summed E-state index contributed by atoms with van der Waals surface area (Å²) in [5.41, 5.74) is 5.06. The Kier molecular flexibility index (Phi) is 6.18. The lowest BCUT2D eigenvalue weighted by Crippen LogP contribution is -2.17. The largest absolute Gasteiger partial charge is 0.361 e. The van der Waals surface area contributed by atoms with Crippen molar-refractivity contribution < 1.29 is 0 Å². The van der Waals surface area contributed by atoms with E-state index < -0.39 is 0 Å². The fourth-order valence-electron chi connectivity index (χ4n) is 2.94. The highest BCUT2D eigenvalue weighted by Crippen LogP contribution is 2.22. The van der Waals surface area contributed by atoms with Gasteiger partial charge in [-0.2, -0.15) is 11.3 Å². The van der Waals surface area contributed by atoms with Gasteiger partial charge in [0.2, 0.25) is 5.43 Å². The van der Waals surface area contributed by atoms with Crippen LogP contribution in [0.1, 0.15) is 22.5 Å². The molecule has 0 atom stereocenters. The number of nitrogens with one attached hydrogen (secondary N) is 1. The second kappa shape index (κ2) is 8.58. The molecule has 0 saturated carbocycles. The summed E-state index contributed by atoms with van der Waals surface area (Å²) < 4.78 is 0. The molecular formula is C22H21ClN2OS. The molecule has 0 bridgehead atoms. The molecule has 2 aromatic heterocycles. The van der Waals surface area contributed by atoms with Gasteiger partial charge in [-0.1, -0.05) is 35.6 Å². The van der Waals surface area contributed by atoms with E-state index in [0.717, 1.165) is 23.4 Å². The van der Waals surface area contributed by atoms with Crippen LogP contribution in [-0.4, -0.2) is 23.5 Å². The molecule has 1 aromatic carbocycles. The van der Waals surface area contributed by atoms with E-state index in [4.69, 9.17) is 11.6 Å². The van der Waals surface area contributed by atoms with Crippen LogP contribution in [0.25, 0.3) is 11.1 Å². The van der Waals surface area contributed by atoms with Crippen molar-refractivity contribution in [1.82, 2.24) is 9.88 Å². The molecule has 0 amide bonds. The van der Waals surface area contributed by atoms with Crippen LogP contribution in [0.4, 0.5) is 0 Å². The number of pyridine rings is 1. The summed E-state index contributed by atoms with van der Waals surface area (Å²) in [6.45, 7) is 5.28. The van der Waals surface area contributed by atoms with Gasteiger partial charge in [-0.3, -0.25) is 9.69 Å². The second-order valence-corrected chi connectivity index (χ2v) is 7.73.